The topological polar surface area (TPSA) is 49.8 Å². The van der Waals surface area contributed by atoms with Crippen molar-refractivity contribution in [2.24, 2.45) is 0 Å². The highest BCUT2D eigenvalue weighted by Gasteiger charge is 2.15. The van der Waals surface area contributed by atoms with E-state index in [2.05, 4.69) is 25.8 Å². The Kier molecular flexibility index (Phi) is 5.83. The molecule has 0 amide bonds. The van der Waals surface area contributed by atoms with Crippen molar-refractivity contribution in [3.05, 3.63) is 29.3 Å². The van der Waals surface area contributed by atoms with E-state index in [4.69, 9.17) is 9.84 Å². The first-order valence-electron chi connectivity index (χ1n) is 6.63. The SMILES string of the molecule is CCC(CC)N(C)Cc1cc(C(=O)O)ccc1OC. The molecule has 106 valence electrons. The molecule has 19 heavy (non-hydrogen) atoms. The van der Waals surface area contributed by atoms with Crippen LogP contribution >= 0.6 is 0 Å². The van der Waals surface area contributed by atoms with E-state index in [9.17, 15) is 4.79 Å². The van der Waals surface area contributed by atoms with E-state index < -0.39 is 5.97 Å². The van der Waals surface area contributed by atoms with Crippen molar-refractivity contribution >= 4 is 5.97 Å². The maximum atomic E-state index is 11.0. The Bertz CT molecular complexity index is 427. The maximum Gasteiger partial charge on any atom is 0.335 e. The standard InChI is InChI=1S/C15H23NO3/c1-5-13(6-2)16(3)10-12-9-11(15(17)18)7-8-14(12)19-4/h7-9,13H,5-6,10H2,1-4H3,(H,17,18). The van der Waals surface area contributed by atoms with Gasteiger partial charge in [0.25, 0.3) is 0 Å². The maximum absolute atomic E-state index is 11.0. The number of hydrogen-bond acceptors (Lipinski definition) is 3. The van der Waals surface area contributed by atoms with Gasteiger partial charge in [0, 0.05) is 18.2 Å². The number of methoxy groups -OCH3 is 1. The first kappa shape index (κ1) is 15.5. The van der Waals surface area contributed by atoms with Gasteiger partial charge in [0.1, 0.15) is 5.75 Å². The molecule has 1 rings (SSSR count). The normalized spacial score (nSPS) is 11.1. The number of carboxylic acid groups (broad SMARTS) is 1. The Labute approximate surface area is 115 Å². The first-order chi connectivity index (χ1) is 9.03. The van der Waals surface area contributed by atoms with E-state index in [-0.39, 0.29) is 0 Å². The van der Waals surface area contributed by atoms with Crippen LogP contribution in [0, 0.1) is 0 Å². The highest BCUT2D eigenvalue weighted by atomic mass is 16.5. The van der Waals surface area contributed by atoms with Crippen molar-refractivity contribution in [3.8, 4) is 5.75 Å². The van der Waals surface area contributed by atoms with Gasteiger partial charge < -0.3 is 9.84 Å². The second-order valence-electron chi connectivity index (χ2n) is 4.72. The molecule has 0 aliphatic rings. The van der Waals surface area contributed by atoms with Gasteiger partial charge in [0.05, 0.1) is 12.7 Å². The minimum Gasteiger partial charge on any atom is -0.496 e. The molecule has 0 unspecified atom stereocenters. The summed E-state index contributed by atoms with van der Waals surface area (Å²) in [6.07, 6.45) is 2.15. The molecule has 0 saturated carbocycles. The molecule has 0 spiro atoms. The van der Waals surface area contributed by atoms with Crippen LogP contribution in [0.3, 0.4) is 0 Å². The quantitative estimate of drug-likeness (QED) is 0.823. The summed E-state index contributed by atoms with van der Waals surface area (Å²) in [7, 11) is 3.67. The average molecular weight is 265 g/mol. The summed E-state index contributed by atoms with van der Waals surface area (Å²) >= 11 is 0. The summed E-state index contributed by atoms with van der Waals surface area (Å²) in [5.74, 6) is -0.170. The summed E-state index contributed by atoms with van der Waals surface area (Å²) < 4.78 is 5.31. The number of benzene rings is 1. The van der Waals surface area contributed by atoms with Gasteiger partial charge in [0.15, 0.2) is 0 Å². The summed E-state index contributed by atoms with van der Waals surface area (Å²) in [4.78, 5) is 13.3. The third kappa shape index (κ3) is 3.96. The molecule has 0 saturated heterocycles. The van der Waals surface area contributed by atoms with E-state index in [1.165, 1.54) is 0 Å². The highest BCUT2D eigenvalue weighted by Crippen LogP contribution is 2.23. The van der Waals surface area contributed by atoms with E-state index in [1.54, 1.807) is 25.3 Å². The Balaban J connectivity index is 2.97. The minimum atomic E-state index is -0.908. The van der Waals surface area contributed by atoms with Gasteiger partial charge in [-0.25, -0.2) is 4.79 Å². The van der Waals surface area contributed by atoms with Crippen molar-refractivity contribution in [3.63, 3.8) is 0 Å². The van der Waals surface area contributed by atoms with E-state index in [0.717, 1.165) is 24.2 Å². The van der Waals surface area contributed by atoms with Crippen LogP contribution in [0.25, 0.3) is 0 Å². The van der Waals surface area contributed by atoms with Gasteiger partial charge >= 0.3 is 5.97 Å². The average Bonchev–Trinajstić information content (AvgIpc) is 2.39. The van der Waals surface area contributed by atoms with Crippen LogP contribution in [0.2, 0.25) is 0 Å². The molecule has 0 aliphatic carbocycles. The van der Waals surface area contributed by atoms with Crippen molar-refractivity contribution in [1.29, 1.82) is 0 Å². The summed E-state index contributed by atoms with van der Waals surface area (Å²) in [5.41, 5.74) is 1.21. The molecule has 0 fully saturated rings. The van der Waals surface area contributed by atoms with Crippen LogP contribution in [0.4, 0.5) is 0 Å². The van der Waals surface area contributed by atoms with Crippen molar-refractivity contribution in [1.82, 2.24) is 4.90 Å². The second kappa shape index (κ2) is 7.14. The second-order valence-corrected chi connectivity index (χ2v) is 4.72. The van der Waals surface area contributed by atoms with Crippen molar-refractivity contribution < 1.29 is 14.6 Å². The Morgan fingerprint density at radius 1 is 1.37 bits per heavy atom. The number of nitrogens with zero attached hydrogens (tertiary/aromatic N) is 1. The zero-order valence-corrected chi connectivity index (χ0v) is 12.1. The van der Waals surface area contributed by atoms with Crippen LogP contribution in [0.15, 0.2) is 18.2 Å². The molecule has 0 heterocycles. The molecule has 4 heteroatoms. The van der Waals surface area contributed by atoms with Gasteiger partial charge in [-0.3, -0.25) is 4.90 Å². The van der Waals surface area contributed by atoms with Crippen LogP contribution in [-0.4, -0.2) is 36.2 Å². The number of ether oxygens (including phenoxy) is 1. The lowest BCUT2D eigenvalue weighted by Crippen LogP contribution is -2.30. The number of hydrogen-bond donors (Lipinski definition) is 1. The predicted octanol–water partition coefficient (Wildman–Crippen LogP) is 3.01. The summed E-state index contributed by atoms with van der Waals surface area (Å²) in [5, 5.41) is 9.05. The lowest BCUT2D eigenvalue weighted by molar-refractivity contribution is 0.0696. The number of aromatic carboxylic acids is 1. The third-order valence-electron chi connectivity index (χ3n) is 3.51. The zero-order chi connectivity index (χ0) is 14.4. The van der Waals surface area contributed by atoms with Crippen molar-refractivity contribution in [2.75, 3.05) is 14.2 Å². The van der Waals surface area contributed by atoms with Gasteiger partial charge in [-0.05, 0) is 38.1 Å². The first-order valence-corrected chi connectivity index (χ1v) is 6.63. The summed E-state index contributed by atoms with van der Waals surface area (Å²) in [6.45, 7) is 5.02. The number of carbonyl (C=O) groups is 1. The van der Waals surface area contributed by atoms with Crippen LogP contribution in [0.5, 0.6) is 5.75 Å². The fourth-order valence-electron chi connectivity index (χ4n) is 2.34. The third-order valence-corrected chi connectivity index (χ3v) is 3.51. The van der Waals surface area contributed by atoms with Gasteiger partial charge in [-0.1, -0.05) is 13.8 Å². The lowest BCUT2D eigenvalue weighted by Gasteiger charge is -2.26. The van der Waals surface area contributed by atoms with E-state index in [1.807, 2.05) is 0 Å². The molecule has 1 aromatic carbocycles. The van der Waals surface area contributed by atoms with Crippen LogP contribution < -0.4 is 4.74 Å². The van der Waals surface area contributed by atoms with Crippen LogP contribution in [0.1, 0.15) is 42.6 Å². The fraction of sp³-hybridized carbons (Fsp3) is 0.533. The van der Waals surface area contributed by atoms with Gasteiger partial charge in [0.2, 0.25) is 0 Å². The van der Waals surface area contributed by atoms with Gasteiger partial charge in [-0.2, -0.15) is 0 Å². The molecule has 1 aromatic rings. The largest absolute Gasteiger partial charge is 0.496 e. The molecule has 0 atom stereocenters. The highest BCUT2D eigenvalue weighted by molar-refractivity contribution is 5.88. The molecule has 1 N–H and O–H groups in total. The lowest BCUT2D eigenvalue weighted by atomic mass is 10.1. The molecule has 0 aromatic heterocycles. The van der Waals surface area contributed by atoms with Gasteiger partial charge in [-0.15, -0.1) is 0 Å². The Morgan fingerprint density at radius 3 is 2.47 bits per heavy atom. The molecular formula is C15H23NO3. The van der Waals surface area contributed by atoms with Crippen molar-refractivity contribution in [2.45, 2.75) is 39.3 Å². The fourth-order valence-corrected chi connectivity index (χ4v) is 2.34. The smallest absolute Gasteiger partial charge is 0.335 e. The molecular weight excluding hydrogens is 242 g/mol. The zero-order valence-electron chi connectivity index (χ0n) is 12.1. The molecule has 0 radical (unpaired) electrons. The summed E-state index contributed by atoms with van der Waals surface area (Å²) in [6, 6.07) is 5.49. The Morgan fingerprint density at radius 2 is 2.00 bits per heavy atom. The molecule has 4 nitrogen and oxygen atoms in total. The monoisotopic (exact) mass is 265 g/mol. The number of rotatable bonds is 7. The number of carboxylic acids is 1. The Hall–Kier alpha value is -1.55. The molecule has 0 bridgehead atoms. The van der Waals surface area contributed by atoms with Crippen LogP contribution in [-0.2, 0) is 6.54 Å². The molecule has 0 aliphatic heterocycles. The minimum absolute atomic E-state index is 0.300. The van der Waals surface area contributed by atoms with E-state index in [0.29, 0.717) is 18.2 Å². The predicted molar refractivity (Wildman–Crippen MR) is 75.8 cm³/mol. The van der Waals surface area contributed by atoms with E-state index >= 15 is 0 Å².